The second-order valence-corrected chi connectivity index (χ2v) is 5.41. The zero-order valence-corrected chi connectivity index (χ0v) is 11.8. The Morgan fingerprint density at radius 1 is 1.21 bits per heavy atom. The molecule has 0 aliphatic carbocycles. The number of Topliss-reactive ketones (excluding diaryl/α,β-unsaturated/α-hetero) is 1. The Kier molecular flexibility index (Phi) is 5.34. The lowest BCUT2D eigenvalue weighted by atomic mass is 10.1. The SMILES string of the molecule is CCOC(=O)CCC(=O)CN1CCN2CCCC2C1. The van der Waals surface area contributed by atoms with E-state index in [1.807, 2.05) is 0 Å². The number of piperazine rings is 1. The quantitative estimate of drug-likeness (QED) is 0.663. The highest BCUT2D eigenvalue weighted by Gasteiger charge is 2.30. The highest BCUT2D eigenvalue weighted by atomic mass is 16.5. The third-order valence-corrected chi connectivity index (χ3v) is 3.98. The fourth-order valence-electron chi connectivity index (χ4n) is 3.00. The molecule has 2 saturated heterocycles. The molecule has 0 aromatic heterocycles. The highest BCUT2D eigenvalue weighted by Crippen LogP contribution is 2.21. The summed E-state index contributed by atoms with van der Waals surface area (Å²) in [6.07, 6.45) is 3.07. The summed E-state index contributed by atoms with van der Waals surface area (Å²) in [5.41, 5.74) is 0. The van der Waals surface area contributed by atoms with Crippen LogP contribution in [-0.2, 0) is 14.3 Å². The summed E-state index contributed by atoms with van der Waals surface area (Å²) in [5, 5.41) is 0. The van der Waals surface area contributed by atoms with Crippen LogP contribution in [0.5, 0.6) is 0 Å². The van der Waals surface area contributed by atoms with Crippen LogP contribution in [0.25, 0.3) is 0 Å². The molecular formula is C14H24N2O3. The summed E-state index contributed by atoms with van der Waals surface area (Å²) in [7, 11) is 0. The topological polar surface area (TPSA) is 49.9 Å². The molecule has 0 N–H and O–H groups in total. The monoisotopic (exact) mass is 268 g/mol. The lowest BCUT2D eigenvalue weighted by Crippen LogP contribution is -2.51. The molecule has 0 aromatic rings. The normalized spacial score (nSPS) is 24.2. The average molecular weight is 268 g/mol. The molecule has 5 nitrogen and oxygen atoms in total. The zero-order valence-electron chi connectivity index (χ0n) is 11.8. The number of hydrogen-bond donors (Lipinski definition) is 0. The van der Waals surface area contributed by atoms with Gasteiger partial charge in [-0.25, -0.2) is 0 Å². The van der Waals surface area contributed by atoms with E-state index in [2.05, 4.69) is 9.80 Å². The Bertz CT molecular complexity index is 333. The molecule has 0 saturated carbocycles. The summed E-state index contributed by atoms with van der Waals surface area (Å²) >= 11 is 0. The van der Waals surface area contributed by atoms with Crippen LogP contribution in [0.4, 0.5) is 0 Å². The minimum absolute atomic E-state index is 0.152. The Morgan fingerprint density at radius 3 is 2.84 bits per heavy atom. The maximum absolute atomic E-state index is 11.8. The van der Waals surface area contributed by atoms with Gasteiger partial charge in [-0.1, -0.05) is 0 Å². The van der Waals surface area contributed by atoms with Gasteiger partial charge in [0.05, 0.1) is 19.6 Å². The van der Waals surface area contributed by atoms with E-state index in [1.165, 1.54) is 19.4 Å². The Hall–Kier alpha value is -0.940. The fraction of sp³-hybridized carbons (Fsp3) is 0.857. The molecule has 1 unspecified atom stereocenters. The number of hydrogen-bond acceptors (Lipinski definition) is 5. The molecule has 0 amide bonds. The van der Waals surface area contributed by atoms with Gasteiger partial charge in [-0.15, -0.1) is 0 Å². The van der Waals surface area contributed by atoms with E-state index >= 15 is 0 Å². The number of ether oxygens (including phenoxy) is 1. The molecule has 2 heterocycles. The predicted octanol–water partition coefficient (Wildman–Crippen LogP) is 0.679. The van der Waals surface area contributed by atoms with Gasteiger partial charge in [0.25, 0.3) is 0 Å². The van der Waals surface area contributed by atoms with Crippen molar-refractivity contribution in [1.29, 1.82) is 0 Å². The number of ketones is 1. The van der Waals surface area contributed by atoms with Crippen molar-refractivity contribution in [3.8, 4) is 0 Å². The lowest BCUT2D eigenvalue weighted by Gasteiger charge is -2.37. The van der Waals surface area contributed by atoms with Gasteiger partial charge in [-0.05, 0) is 26.3 Å². The maximum Gasteiger partial charge on any atom is 0.306 e. The Balaban J connectivity index is 1.66. The first-order chi connectivity index (χ1) is 9.19. The van der Waals surface area contributed by atoms with Crippen molar-refractivity contribution in [2.75, 3.05) is 39.3 Å². The molecule has 1 atom stereocenters. The number of rotatable bonds is 6. The molecule has 2 aliphatic rings. The summed E-state index contributed by atoms with van der Waals surface area (Å²) in [6, 6.07) is 0.645. The van der Waals surface area contributed by atoms with E-state index in [0.717, 1.165) is 19.6 Å². The maximum atomic E-state index is 11.8. The molecule has 2 aliphatic heterocycles. The molecule has 0 spiro atoms. The van der Waals surface area contributed by atoms with Gasteiger partial charge in [0.2, 0.25) is 0 Å². The van der Waals surface area contributed by atoms with Crippen LogP contribution in [0.1, 0.15) is 32.6 Å². The van der Waals surface area contributed by atoms with Crippen molar-refractivity contribution < 1.29 is 14.3 Å². The zero-order chi connectivity index (χ0) is 13.7. The van der Waals surface area contributed by atoms with E-state index in [1.54, 1.807) is 6.92 Å². The lowest BCUT2D eigenvalue weighted by molar-refractivity contribution is -0.144. The van der Waals surface area contributed by atoms with Crippen molar-refractivity contribution in [1.82, 2.24) is 9.80 Å². The van der Waals surface area contributed by atoms with Crippen molar-refractivity contribution in [2.45, 2.75) is 38.6 Å². The number of carbonyl (C=O) groups excluding carboxylic acids is 2. The van der Waals surface area contributed by atoms with Gasteiger partial charge in [0, 0.05) is 32.1 Å². The molecule has 2 rings (SSSR count). The van der Waals surface area contributed by atoms with E-state index < -0.39 is 0 Å². The first kappa shape index (κ1) is 14.5. The number of fused-ring (bicyclic) bond motifs is 1. The van der Waals surface area contributed by atoms with Crippen LogP contribution < -0.4 is 0 Å². The number of nitrogens with zero attached hydrogens (tertiary/aromatic N) is 2. The second kappa shape index (κ2) is 7.01. The summed E-state index contributed by atoms with van der Waals surface area (Å²) in [4.78, 5) is 27.8. The van der Waals surface area contributed by atoms with Crippen LogP contribution in [0.2, 0.25) is 0 Å². The fourth-order valence-corrected chi connectivity index (χ4v) is 3.00. The molecule has 0 bridgehead atoms. The third kappa shape index (κ3) is 4.28. The summed E-state index contributed by atoms with van der Waals surface area (Å²) < 4.78 is 4.83. The molecular weight excluding hydrogens is 244 g/mol. The van der Waals surface area contributed by atoms with Gasteiger partial charge in [-0.3, -0.25) is 19.4 Å². The molecule has 19 heavy (non-hydrogen) atoms. The van der Waals surface area contributed by atoms with Crippen LogP contribution in [0.3, 0.4) is 0 Å². The average Bonchev–Trinajstić information content (AvgIpc) is 2.84. The number of esters is 1. The molecule has 5 heteroatoms. The first-order valence-corrected chi connectivity index (χ1v) is 7.32. The minimum atomic E-state index is -0.267. The van der Waals surface area contributed by atoms with Crippen LogP contribution in [-0.4, -0.2) is 66.9 Å². The van der Waals surface area contributed by atoms with Gasteiger partial charge in [-0.2, -0.15) is 0 Å². The van der Waals surface area contributed by atoms with Gasteiger partial charge >= 0.3 is 5.97 Å². The number of carbonyl (C=O) groups is 2. The largest absolute Gasteiger partial charge is 0.466 e. The predicted molar refractivity (Wildman–Crippen MR) is 71.9 cm³/mol. The van der Waals surface area contributed by atoms with Gasteiger partial charge < -0.3 is 4.74 Å². The third-order valence-electron chi connectivity index (χ3n) is 3.98. The van der Waals surface area contributed by atoms with Gasteiger partial charge in [0.1, 0.15) is 5.78 Å². The van der Waals surface area contributed by atoms with E-state index in [-0.39, 0.29) is 18.2 Å². The summed E-state index contributed by atoms with van der Waals surface area (Å²) in [6.45, 7) is 6.93. The minimum Gasteiger partial charge on any atom is -0.466 e. The molecule has 108 valence electrons. The Labute approximate surface area is 114 Å². The van der Waals surface area contributed by atoms with Crippen LogP contribution in [0, 0.1) is 0 Å². The smallest absolute Gasteiger partial charge is 0.306 e. The highest BCUT2D eigenvalue weighted by molar-refractivity contribution is 5.84. The molecule has 2 fully saturated rings. The Morgan fingerprint density at radius 2 is 2.05 bits per heavy atom. The van der Waals surface area contributed by atoms with E-state index in [9.17, 15) is 9.59 Å². The molecule has 0 radical (unpaired) electrons. The van der Waals surface area contributed by atoms with Crippen molar-refractivity contribution in [3.63, 3.8) is 0 Å². The van der Waals surface area contributed by atoms with E-state index in [4.69, 9.17) is 4.74 Å². The second-order valence-electron chi connectivity index (χ2n) is 5.41. The van der Waals surface area contributed by atoms with Crippen molar-refractivity contribution >= 4 is 11.8 Å². The molecule has 0 aromatic carbocycles. The van der Waals surface area contributed by atoms with Gasteiger partial charge in [0.15, 0.2) is 0 Å². The van der Waals surface area contributed by atoms with Crippen molar-refractivity contribution in [3.05, 3.63) is 0 Å². The van der Waals surface area contributed by atoms with E-state index in [0.29, 0.717) is 25.6 Å². The summed E-state index contributed by atoms with van der Waals surface area (Å²) in [5.74, 6) is -0.115. The standard InChI is InChI=1S/C14H24N2O3/c1-2-19-14(18)6-5-13(17)11-15-8-9-16-7-3-4-12(16)10-15/h12H,2-11H2,1H3. The first-order valence-electron chi connectivity index (χ1n) is 7.32. The van der Waals surface area contributed by atoms with Crippen LogP contribution >= 0.6 is 0 Å². The van der Waals surface area contributed by atoms with Crippen molar-refractivity contribution in [2.24, 2.45) is 0 Å². The van der Waals surface area contributed by atoms with Crippen LogP contribution in [0.15, 0.2) is 0 Å².